The van der Waals surface area contributed by atoms with Crippen molar-refractivity contribution in [1.29, 1.82) is 0 Å². The average Bonchev–Trinajstić information content (AvgIpc) is 3.17. The van der Waals surface area contributed by atoms with Gasteiger partial charge in [0.2, 0.25) is 5.91 Å². The molecular weight excluding hydrogens is 426 g/mol. The normalized spacial score (nSPS) is 14.8. The highest BCUT2D eigenvalue weighted by molar-refractivity contribution is 6.32. The zero-order chi connectivity index (χ0) is 23.3. The number of para-hydroxylation sites is 1. The number of urea groups is 1. The molecular formula is C24H34ClN5O2. The van der Waals surface area contributed by atoms with Gasteiger partial charge in [0.1, 0.15) is 12.4 Å². The molecule has 1 aliphatic rings. The van der Waals surface area contributed by atoms with Crippen molar-refractivity contribution in [1.82, 2.24) is 20.0 Å². The van der Waals surface area contributed by atoms with Crippen molar-refractivity contribution in [3.05, 3.63) is 41.0 Å². The summed E-state index contributed by atoms with van der Waals surface area (Å²) in [6.45, 7) is 8.47. The van der Waals surface area contributed by atoms with E-state index in [1.165, 1.54) is 11.3 Å². The van der Waals surface area contributed by atoms with Crippen LogP contribution in [0.4, 0.5) is 10.6 Å². The second-order valence-corrected chi connectivity index (χ2v) is 9.78. The van der Waals surface area contributed by atoms with E-state index in [-0.39, 0.29) is 29.9 Å². The van der Waals surface area contributed by atoms with Crippen LogP contribution in [0.1, 0.15) is 65.5 Å². The van der Waals surface area contributed by atoms with Crippen molar-refractivity contribution in [3.63, 3.8) is 0 Å². The van der Waals surface area contributed by atoms with E-state index in [4.69, 9.17) is 16.7 Å². The number of hydrogen-bond acceptors (Lipinski definition) is 3. The lowest BCUT2D eigenvalue weighted by molar-refractivity contribution is -0.116. The predicted octanol–water partition coefficient (Wildman–Crippen LogP) is 5.13. The highest BCUT2D eigenvalue weighted by atomic mass is 35.5. The molecule has 2 aromatic rings. The highest BCUT2D eigenvalue weighted by Gasteiger charge is 2.24. The van der Waals surface area contributed by atoms with Gasteiger partial charge in [0.25, 0.3) is 0 Å². The van der Waals surface area contributed by atoms with E-state index in [2.05, 4.69) is 31.4 Å². The number of nitrogens with zero attached hydrogens (tertiary/aromatic N) is 3. The topological polar surface area (TPSA) is 79.3 Å². The van der Waals surface area contributed by atoms with Crippen LogP contribution in [0.25, 0.3) is 5.69 Å². The van der Waals surface area contributed by atoms with Gasteiger partial charge in [-0.1, -0.05) is 63.8 Å². The van der Waals surface area contributed by atoms with E-state index in [1.54, 1.807) is 10.7 Å². The van der Waals surface area contributed by atoms with Crippen LogP contribution >= 0.6 is 11.6 Å². The van der Waals surface area contributed by atoms with Crippen molar-refractivity contribution in [2.45, 2.75) is 71.3 Å². The minimum Gasteiger partial charge on any atom is -0.335 e. The first kappa shape index (κ1) is 24.1. The number of carbonyl (C=O) groups is 2. The van der Waals surface area contributed by atoms with Crippen molar-refractivity contribution >= 4 is 29.4 Å². The van der Waals surface area contributed by atoms with Crippen molar-refractivity contribution in [3.8, 4) is 5.69 Å². The van der Waals surface area contributed by atoms with Crippen LogP contribution in [0.2, 0.25) is 5.02 Å². The largest absolute Gasteiger partial charge is 0.335 e. The van der Waals surface area contributed by atoms with Crippen molar-refractivity contribution < 1.29 is 9.59 Å². The molecule has 32 heavy (non-hydrogen) atoms. The number of benzene rings is 1. The zero-order valence-corrected chi connectivity index (χ0v) is 20.2. The van der Waals surface area contributed by atoms with E-state index in [1.807, 2.05) is 31.2 Å². The number of carbonyl (C=O) groups excluding carboxylic acids is 2. The molecule has 0 bridgehead atoms. The first-order valence-corrected chi connectivity index (χ1v) is 11.8. The summed E-state index contributed by atoms with van der Waals surface area (Å²) < 4.78 is 1.65. The van der Waals surface area contributed by atoms with Gasteiger partial charge in [-0.25, -0.2) is 9.48 Å². The number of halogens is 1. The van der Waals surface area contributed by atoms with Crippen LogP contribution in [0, 0.1) is 0 Å². The lowest BCUT2D eigenvalue weighted by Crippen LogP contribution is -2.48. The minimum absolute atomic E-state index is 0.0341. The number of hydrogen-bond donors (Lipinski definition) is 2. The van der Waals surface area contributed by atoms with E-state index >= 15 is 0 Å². The quantitative estimate of drug-likeness (QED) is 0.628. The molecule has 1 aliphatic carbocycles. The van der Waals surface area contributed by atoms with Crippen LogP contribution in [0.5, 0.6) is 0 Å². The predicted molar refractivity (Wildman–Crippen MR) is 129 cm³/mol. The average molecular weight is 460 g/mol. The Kier molecular flexibility index (Phi) is 7.82. The molecule has 0 atom stereocenters. The third-order valence-electron chi connectivity index (χ3n) is 5.76. The number of amides is 3. The third-order valence-corrected chi connectivity index (χ3v) is 6.08. The molecule has 0 aliphatic heterocycles. The molecule has 1 saturated carbocycles. The van der Waals surface area contributed by atoms with Crippen LogP contribution in [-0.4, -0.2) is 45.8 Å². The molecule has 3 rings (SSSR count). The van der Waals surface area contributed by atoms with Gasteiger partial charge in [-0.15, -0.1) is 0 Å². The molecule has 1 aromatic heterocycles. The molecule has 1 heterocycles. The number of likely N-dealkylation sites (N-methyl/N-ethyl adjacent to an activating group) is 1. The maximum absolute atomic E-state index is 12.9. The Morgan fingerprint density at radius 3 is 2.50 bits per heavy atom. The second-order valence-electron chi connectivity index (χ2n) is 9.37. The molecule has 1 aromatic carbocycles. The molecule has 3 amide bonds. The van der Waals surface area contributed by atoms with Crippen LogP contribution in [0.3, 0.4) is 0 Å². The number of anilines is 1. The third kappa shape index (κ3) is 6.03. The Morgan fingerprint density at radius 1 is 1.19 bits per heavy atom. The Hall–Kier alpha value is -2.54. The van der Waals surface area contributed by atoms with E-state index in [0.717, 1.165) is 31.4 Å². The fourth-order valence-electron chi connectivity index (χ4n) is 3.84. The van der Waals surface area contributed by atoms with E-state index in [0.29, 0.717) is 23.1 Å². The Morgan fingerprint density at radius 2 is 1.88 bits per heavy atom. The standard InChI is InChI=1S/C24H34ClN5O2/c1-5-29(23(32)26-17-11-7-6-8-12-17)16-22(31)27-21-15-20(24(2,3)4)28-30(21)19-14-10-9-13-18(19)25/h9-10,13-15,17H,5-8,11-12,16H2,1-4H3,(H,26,32)(H,27,31). The summed E-state index contributed by atoms with van der Waals surface area (Å²) in [5.74, 6) is 0.246. The molecule has 174 valence electrons. The maximum atomic E-state index is 12.9. The molecule has 8 heteroatoms. The van der Waals surface area contributed by atoms with Gasteiger partial charge >= 0.3 is 6.03 Å². The summed E-state index contributed by atoms with van der Waals surface area (Å²) in [5.41, 5.74) is 1.30. The van der Waals surface area contributed by atoms with Crippen LogP contribution in [-0.2, 0) is 10.2 Å². The molecule has 2 N–H and O–H groups in total. The van der Waals surface area contributed by atoms with Gasteiger partial charge < -0.3 is 15.5 Å². The fourth-order valence-corrected chi connectivity index (χ4v) is 4.06. The summed E-state index contributed by atoms with van der Waals surface area (Å²) in [4.78, 5) is 27.1. The van der Waals surface area contributed by atoms with E-state index < -0.39 is 0 Å². The first-order valence-electron chi connectivity index (χ1n) is 11.4. The fraction of sp³-hybridized carbons (Fsp3) is 0.542. The van der Waals surface area contributed by atoms with Gasteiger partial charge in [-0.3, -0.25) is 4.79 Å². The summed E-state index contributed by atoms with van der Waals surface area (Å²) in [6.07, 6.45) is 5.51. The number of aromatic nitrogens is 2. The van der Waals surface area contributed by atoms with Gasteiger partial charge in [-0.05, 0) is 31.9 Å². The number of rotatable bonds is 6. The first-order chi connectivity index (χ1) is 15.2. The van der Waals surface area contributed by atoms with Crippen molar-refractivity contribution in [2.24, 2.45) is 0 Å². The lowest BCUT2D eigenvalue weighted by atomic mass is 9.92. The van der Waals surface area contributed by atoms with Gasteiger partial charge in [0, 0.05) is 24.1 Å². The lowest BCUT2D eigenvalue weighted by Gasteiger charge is -2.27. The minimum atomic E-state index is -0.278. The number of nitrogens with one attached hydrogen (secondary N) is 2. The molecule has 0 unspecified atom stereocenters. The SMILES string of the molecule is CCN(CC(=O)Nc1cc(C(C)(C)C)nn1-c1ccccc1Cl)C(=O)NC1CCCCC1. The molecule has 7 nitrogen and oxygen atoms in total. The molecule has 0 saturated heterocycles. The molecule has 0 radical (unpaired) electrons. The van der Waals surface area contributed by atoms with Gasteiger partial charge in [0.05, 0.1) is 16.4 Å². The zero-order valence-electron chi connectivity index (χ0n) is 19.4. The molecule has 1 fully saturated rings. The Bertz CT molecular complexity index is 944. The van der Waals surface area contributed by atoms with Crippen LogP contribution in [0.15, 0.2) is 30.3 Å². The summed E-state index contributed by atoms with van der Waals surface area (Å²) >= 11 is 6.40. The monoisotopic (exact) mass is 459 g/mol. The smallest absolute Gasteiger partial charge is 0.318 e. The molecule has 0 spiro atoms. The van der Waals surface area contributed by atoms with Crippen LogP contribution < -0.4 is 10.6 Å². The summed E-state index contributed by atoms with van der Waals surface area (Å²) in [7, 11) is 0. The van der Waals surface area contributed by atoms with Gasteiger partial charge in [-0.2, -0.15) is 5.10 Å². The second kappa shape index (κ2) is 10.4. The Balaban J connectivity index is 1.75. The highest BCUT2D eigenvalue weighted by Crippen LogP contribution is 2.29. The summed E-state index contributed by atoms with van der Waals surface area (Å²) in [5, 5.41) is 11.3. The van der Waals surface area contributed by atoms with E-state index in [9.17, 15) is 9.59 Å². The maximum Gasteiger partial charge on any atom is 0.318 e. The van der Waals surface area contributed by atoms with Crippen molar-refractivity contribution in [2.75, 3.05) is 18.4 Å². The summed E-state index contributed by atoms with van der Waals surface area (Å²) in [6, 6.07) is 9.23. The van der Waals surface area contributed by atoms with Gasteiger partial charge in [0.15, 0.2) is 0 Å². The Labute approximate surface area is 195 Å².